The molecule has 0 spiro atoms. The van der Waals surface area contributed by atoms with E-state index in [4.69, 9.17) is 18.9 Å². The van der Waals surface area contributed by atoms with Crippen LogP contribution in [0.3, 0.4) is 0 Å². The third kappa shape index (κ3) is 29.6. The van der Waals surface area contributed by atoms with Crippen molar-refractivity contribution in [2.45, 2.75) is 230 Å². The van der Waals surface area contributed by atoms with Gasteiger partial charge in [0.2, 0.25) is 0 Å². The topological polar surface area (TPSA) is 135 Å². The fraction of sp³-hybridized carbons (Fsp3) is 0.851. The molecule has 9 heteroatoms. The Morgan fingerprint density at radius 3 is 1.64 bits per heavy atom. The van der Waals surface area contributed by atoms with Crippen LogP contribution in [-0.2, 0) is 23.7 Å². The number of hydrogen-bond acceptors (Lipinski definition) is 9. The zero-order chi connectivity index (χ0) is 40.7. The highest BCUT2D eigenvalue weighted by atomic mass is 16.7. The number of aliphatic hydroxyl groups is 4. The number of aliphatic hydroxyl groups excluding tert-OH is 4. The number of unbranched alkanes of at least 4 members (excludes halogenated alkanes) is 22. The Bertz CT molecular complexity index is 952. The molecule has 0 radical (unpaired) electrons. The number of allylic oxidation sites excluding steroid dienone is 6. The van der Waals surface area contributed by atoms with Gasteiger partial charge in [0, 0.05) is 13.0 Å². The van der Waals surface area contributed by atoms with Gasteiger partial charge >= 0.3 is 5.97 Å². The Labute approximate surface area is 342 Å². The Balaban J connectivity index is 2.25. The van der Waals surface area contributed by atoms with Gasteiger partial charge in [-0.2, -0.15) is 0 Å². The van der Waals surface area contributed by atoms with Crippen molar-refractivity contribution in [3.63, 3.8) is 0 Å². The molecule has 0 bridgehead atoms. The molecular formula is C47H86O9. The summed E-state index contributed by atoms with van der Waals surface area (Å²) in [6, 6.07) is 0. The molecule has 1 fully saturated rings. The summed E-state index contributed by atoms with van der Waals surface area (Å²) >= 11 is 0. The van der Waals surface area contributed by atoms with Gasteiger partial charge in [-0.25, -0.2) is 0 Å². The lowest BCUT2D eigenvalue weighted by atomic mass is 9.99. The van der Waals surface area contributed by atoms with Gasteiger partial charge in [0.1, 0.15) is 30.5 Å². The second-order valence-electron chi connectivity index (χ2n) is 15.8. The smallest absolute Gasteiger partial charge is 0.306 e. The SMILES string of the molecule is CC/C=C\C/C=C\C/C=C\CCCCCCCCOCC(COC1OC(CO)C(O)C(O)C1O)OC(=O)CCCCCCCCCCCCCCCCCCC. The molecule has 0 amide bonds. The first-order valence-electron chi connectivity index (χ1n) is 23.1. The minimum Gasteiger partial charge on any atom is -0.457 e. The van der Waals surface area contributed by atoms with Crippen molar-refractivity contribution in [1.82, 2.24) is 0 Å². The molecule has 0 aromatic carbocycles. The van der Waals surface area contributed by atoms with Crippen molar-refractivity contribution in [2.75, 3.05) is 26.4 Å². The van der Waals surface area contributed by atoms with Crippen LogP contribution in [0, 0.1) is 0 Å². The van der Waals surface area contributed by atoms with Gasteiger partial charge in [0.05, 0.1) is 19.8 Å². The molecule has 0 aromatic heterocycles. The van der Waals surface area contributed by atoms with E-state index in [1.54, 1.807) is 0 Å². The maximum absolute atomic E-state index is 12.8. The van der Waals surface area contributed by atoms with Gasteiger partial charge in [0.25, 0.3) is 0 Å². The van der Waals surface area contributed by atoms with E-state index < -0.39 is 43.4 Å². The molecule has 328 valence electrons. The molecule has 0 saturated carbocycles. The van der Waals surface area contributed by atoms with Crippen LogP contribution in [0.4, 0.5) is 0 Å². The van der Waals surface area contributed by atoms with Crippen LogP contribution in [0.1, 0.15) is 194 Å². The van der Waals surface area contributed by atoms with Crippen LogP contribution in [-0.4, -0.2) is 89.6 Å². The van der Waals surface area contributed by atoms with Gasteiger partial charge in [-0.3, -0.25) is 4.79 Å². The Hall–Kier alpha value is -1.59. The molecule has 0 aromatic rings. The molecule has 4 N–H and O–H groups in total. The van der Waals surface area contributed by atoms with Gasteiger partial charge < -0.3 is 39.4 Å². The summed E-state index contributed by atoms with van der Waals surface area (Å²) in [6.07, 6.45) is 38.8. The minimum atomic E-state index is -1.54. The fourth-order valence-electron chi connectivity index (χ4n) is 6.98. The summed E-state index contributed by atoms with van der Waals surface area (Å²) in [4.78, 5) is 12.8. The van der Waals surface area contributed by atoms with E-state index in [0.29, 0.717) is 13.0 Å². The molecule has 6 atom stereocenters. The zero-order valence-corrected chi connectivity index (χ0v) is 35.9. The summed E-state index contributed by atoms with van der Waals surface area (Å²) in [5.41, 5.74) is 0. The van der Waals surface area contributed by atoms with Crippen molar-refractivity contribution in [2.24, 2.45) is 0 Å². The van der Waals surface area contributed by atoms with E-state index in [9.17, 15) is 25.2 Å². The van der Waals surface area contributed by atoms with Crippen molar-refractivity contribution in [3.8, 4) is 0 Å². The normalized spacial score (nSPS) is 20.9. The molecule has 6 unspecified atom stereocenters. The number of rotatable bonds is 39. The summed E-state index contributed by atoms with van der Waals surface area (Å²) in [5, 5.41) is 40.1. The van der Waals surface area contributed by atoms with Crippen LogP contribution < -0.4 is 0 Å². The predicted octanol–water partition coefficient (Wildman–Crippen LogP) is 10.4. The van der Waals surface area contributed by atoms with Crippen LogP contribution in [0.25, 0.3) is 0 Å². The van der Waals surface area contributed by atoms with Crippen molar-refractivity contribution in [1.29, 1.82) is 0 Å². The number of ether oxygens (including phenoxy) is 4. The first-order valence-corrected chi connectivity index (χ1v) is 23.1. The van der Waals surface area contributed by atoms with E-state index >= 15 is 0 Å². The van der Waals surface area contributed by atoms with E-state index in [2.05, 4.69) is 50.3 Å². The average Bonchev–Trinajstić information content (AvgIpc) is 3.20. The highest BCUT2D eigenvalue weighted by molar-refractivity contribution is 5.69. The van der Waals surface area contributed by atoms with E-state index in [1.165, 1.54) is 109 Å². The Morgan fingerprint density at radius 1 is 0.589 bits per heavy atom. The molecule has 56 heavy (non-hydrogen) atoms. The van der Waals surface area contributed by atoms with Crippen LogP contribution >= 0.6 is 0 Å². The van der Waals surface area contributed by atoms with Crippen LogP contribution in [0.5, 0.6) is 0 Å². The minimum absolute atomic E-state index is 0.117. The lowest BCUT2D eigenvalue weighted by Gasteiger charge is -2.39. The highest BCUT2D eigenvalue weighted by Crippen LogP contribution is 2.23. The molecule has 1 aliphatic heterocycles. The number of hydrogen-bond donors (Lipinski definition) is 4. The van der Waals surface area contributed by atoms with Crippen LogP contribution in [0.2, 0.25) is 0 Å². The molecule has 1 saturated heterocycles. The number of carbonyl (C=O) groups excluding carboxylic acids is 1. The van der Waals surface area contributed by atoms with Crippen molar-refractivity contribution in [3.05, 3.63) is 36.5 Å². The molecule has 1 heterocycles. The van der Waals surface area contributed by atoms with Gasteiger partial charge in [-0.15, -0.1) is 0 Å². The molecular weight excluding hydrogens is 709 g/mol. The third-order valence-electron chi connectivity index (χ3n) is 10.6. The van der Waals surface area contributed by atoms with Crippen molar-refractivity contribution < 1.29 is 44.2 Å². The summed E-state index contributed by atoms with van der Waals surface area (Å²) in [6.45, 7) is 4.44. The lowest BCUT2D eigenvalue weighted by molar-refractivity contribution is -0.305. The molecule has 0 aliphatic carbocycles. The fourth-order valence-corrected chi connectivity index (χ4v) is 6.98. The van der Waals surface area contributed by atoms with E-state index in [0.717, 1.165) is 64.2 Å². The summed E-state index contributed by atoms with van der Waals surface area (Å²) in [5.74, 6) is -0.317. The van der Waals surface area contributed by atoms with Gasteiger partial charge in [-0.05, 0) is 44.9 Å². The average molecular weight is 795 g/mol. The lowest BCUT2D eigenvalue weighted by Crippen LogP contribution is -2.59. The summed E-state index contributed by atoms with van der Waals surface area (Å²) in [7, 11) is 0. The van der Waals surface area contributed by atoms with Crippen LogP contribution in [0.15, 0.2) is 36.5 Å². The molecule has 1 aliphatic rings. The monoisotopic (exact) mass is 795 g/mol. The molecule has 1 rings (SSSR count). The van der Waals surface area contributed by atoms with Crippen molar-refractivity contribution >= 4 is 5.97 Å². The summed E-state index contributed by atoms with van der Waals surface area (Å²) < 4.78 is 22.8. The van der Waals surface area contributed by atoms with Gasteiger partial charge in [-0.1, -0.05) is 179 Å². The quantitative estimate of drug-likeness (QED) is 0.0272. The number of carbonyl (C=O) groups is 1. The number of esters is 1. The zero-order valence-electron chi connectivity index (χ0n) is 35.9. The third-order valence-corrected chi connectivity index (χ3v) is 10.6. The second-order valence-corrected chi connectivity index (χ2v) is 15.8. The Kier molecular flexibility index (Phi) is 36.4. The first-order chi connectivity index (χ1) is 27.4. The first kappa shape index (κ1) is 52.4. The van der Waals surface area contributed by atoms with E-state index in [-0.39, 0.29) is 19.2 Å². The largest absolute Gasteiger partial charge is 0.457 e. The standard InChI is InChI=1S/C47H86O9/c1-3-5-7-9-11-13-15-17-19-21-22-24-26-28-30-32-34-36-43(49)55-41(40-54-47-46(52)45(51)44(50)42(38-48)56-47)39-53-37-35-33-31-29-27-25-23-20-18-16-14-12-10-8-6-4-2/h6,8,12,14,18,20,41-42,44-48,50-52H,3-5,7,9-11,13,15-17,19,21-40H2,1-2H3/b8-6-,14-12-,20-18-. The second kappa shape index (κ2) is 38.9. The maximum atomic E-state index is 12.8. The highest BCUT2D eigenvalue weighted by Gasteiger charge is 2.44. The Morgan fingerprint density at radius 2 is 1.09 bits per heavy atom. The maximum Gasteiger partial charge on any atom is 0.306 e. The van der Waals surface area contributed by atoms with E-state index in [1.807, 2.05) is 0 Å². The molecule has 9 nitrogen and oxygen atoms in total. The predicted molar refractivity (Wildman–Crippen MR) is 228 cm³/mol. The van der Waals surface area contributed by atoms with Gasteiger partial charge in [0.15, 0.2) is 6.29 Å².